The minimum Gasteiger partial charge on any atom is -0.497 e. The number of carbonyl (C=O) groups excluding carboxylic acids is 1. The highest BCUT2D eigenvalue weighted by Crippen LogP contribution is 2.38. The summed E-state index contributed by atoms with van der Waals surface area (Å²) < 4.78 is 12.5. The average molecular weight is 502 g/mol. The number of allylic oxidation sites excluding steroid dienone is 1. The smallest absolute Gasteiger partial charge is 0.255 e. The lowest BCUT2D eigenvalue weighted by Crippen LogP contribution is -2.31. The van der Waals surface area contributed by atoms with Crippen LogP contribution in [-0.2, 0) is 4.79 Å². The number of fused-ring (bicyclic) bond motifs is 1. The number of hydrogen-bond acceptors (Lipinski definition) is 6. The molecule has 0 saturated carbocycles. The molecular formula is C27H24ClN5O3. The van der Waals surface area contributed by atoms with Gasteiger partial charge in [0.05, 0.1) is 30.5 Å². The van der Waals surface area contributed by atoms with Crippen LogP contribution in [0.3, 0.4) is 0 Å². The Morgan fingerprint density at radius 1 is 1.00 bits per heavy atom. The minimum absolute atomic E-state index is 0.286. The highest BCUT2D eigenvalue weighted by molar-refractivity contribution is 6.33. The number of para-hydroxylation sites is 2. The zero-order chi connectivity index (χ0) is 25.2. The van der Waals surface area contributed by atoms with Gasteiger partial charge in [-0.3, -0.25) is 4.79 Å². The van der Waals surface area contributed by atoms with Crippen LogP contribution in [0.1, 0.15) is 18.5 Å². The van der Waals surface area contributed by atoms with Crippen molar-refractivity contribution in [3.63, 3.8) is 0 Å². The van der Waals surface area contributed by atoms with Crippen molar-refractivity contribution in [3.8, 4) is 22.9 Å². The maximum absolute atomic E-state index is 13.7. The van der Waals surface area contributed by atoms with Gasteiger partial charge in [0.1, 0.15) is 17.5 Å². The molecular weight excluding hydrogens is 478 g/mol. The summed E-state index contributed by atoms with van der Waals surface area (Å²) in [7, 11) is 3.18. The average Bonchev–Trinajstić information content (AvgIpc) is 3.31. The monoisotopic (exact) mass is 501 g/mol. The van der Waals surface area contributed by atoms with Gasteiger partial charge in [0, 0.05) is 11.3 Å². The van der Waals surface area contributed by atoms with E-state index in [0.717, 1.165) is 5.56 Å². The van der Waals surface area contributed by atoms with E-state index in [-0.39, 0.29) is 5.91 Å². The number of hydrogen-bond donors (Lipinski definition) is 2. The molecule has 0 saturated heterocycles. The van der Waals surface area contributed by atoms with Gasteiger partial charge >= 0.3 is 0 Å². The van der Waals surface area contributed by atoms with Gasteiger partial charge in [0.15, 0.2) is 5.82 Å². The summed E-state index contributed by atoms with van der Waals surface area (Å²) in [6.45, 7) is 1.85. The molecule has 1 atom stereocenters. The molecule has 36 heavy (non-hydrogen) atoms. The molecule has 1 aliphatic heterocycles. The fraction of sp³-hybridized carbons (Fsp3) is 0.148. The molecule has 9 heteroatoms. The molecule has 0 bridgehead atoms. The number of nitrogens with zero attached hydrogens (tertiary/aromatic N) is 3. The Kier molecular flexibility index (Phi) is 6.35. The predicted molar refractivity (Wildman–Crippen MR) is 140 cm³/mol. The molecule has 0 spiro atoms. The maximum Gasteiger partial charge on any atom is 0.255 e. The van der Waals surface area contributed by atoms with Crippen LogP contribution in [0.2, 0.25) is 5.02 Å². The van der Waals surface area contributed by atoms with Crippen LogP contribution in [0.4, 0.5) is 11.6 Å². The summed E-state index contributed by atoms with van der Waals surface area (Å²) in [6, 6.07) is 21.7. The summed E-state index contributed by atoms with van der Waals surface area (Å²) in [5.41, 5.74) is 3.27. The summed E-state index contributed by atoms with van der Waals surface area (Å²) in [6.07, 6.45) is 0. The normalized spacial score (nSPS) is 14.6. The third-order valence-corrected chi connectivity index (χ3v) is 6.33. The first-order valence-corrected chi connectivity index (χ1v) is 11.7. The van der Waals surface area contributed by atoms with Crippen molar-refractivity contribution in [1.29, 1.82) is 0 Å². The molecule has 1 aliphatic rings. The maximum atomic E-state index is 13.7. The zero-order valence-electron chi connectivity index (χ0n) is 19.9. The molecule has 1 amide bonds. The SMILES string of the molecule is COc1ccc(C2C(C(=O)Nc3ccccc3OC)=C(C)Nc3nc(-c4ccccc4Cl)nn32)cc1. The van der Waals surface area contributed by atoms with E-state index in [1.807, 2.05) is 61.5 Å². The van der Waals surface area contributed by atoms with Crippen LogP contribution in [0.5, 0.6) is 11.5 Å². The van der Waals surface area contributed by atoms with Gasteiger partial charge in [0.2, 0.25) is 5.95 Å². The van der Waals surface area contributed by atoms with Crippen molar-refractivity contribution >= 4 is 29.1 Å². The number of nitrogens with one attached hydrogen (secondary N) is 2. The van der Waals surface area contributed by atoms with E-state index in [0.29, 0.717) is 50.8 Å². The molecule has 1 aromatic heterocycles. The van der Waals surface area contributed by atoms with Crippen molar-refractivity contribution < 1.29 is 14.3 Å². The first-order valence-electron chi connectivity index (χ1n) is 11.3. The van der Waals surface area contributed by atoms with E-state index in [4.69, 9.17) is 31.2 Å². The van der Waals surface area contributed by atoms with Gasteiger partial charge in [0.25, 0.3) is 5.91 Å². The second-order valence-corrected chi connectivity index (χ2v) is 8.58. The van der Waals surface area contributed by atoms with Gasteiger partial charge in [-0.25, -0.2) is 4.68 Å². The number of benzene rings is 3. The number of methoxy groups -OCH3 is 2. The van der Waals surface area contributed by atoms with Crippen molar-refractivity contribution in [3.05, 3.63) is 94.7 Å². The molecule has 0 fully saturated rings. The van der Waals surface area contributed by atoms with Gasteiger partial charge < -0.3 is 20.1 Å². The van der Waals surface area contributed by atoms with Crippen LogP contribution >= 0.6 is 11.6 Å². The first kappa shape index (κ1) is 23.4. The number of rotatable bonds is 6. The van der Waals surface area contributed by atoms with E-state index < -0.39 is 6.04 Å². The molecule has 0 aliphatic carbocycles. The largest absolute Gasteiger partial charge is 0.497 e. The highest BCUT2D eigenvalue weighted by Gasteiger charge is 2.35. The van der Waals surface area contributed by atoms with Gasteiger partial charge in [-0.05, 0) is 48.9 Å². The van der Waals surface area contributed by atoms with E-state index in [9.17, 15) is 4.79 Å². The molecule has 182 valence electrons. The minimum atomic E-state index is -0.550. The highest BCUT2D eigenvalue weighted by atomic mass is 35.5. The van der Waals surface area contributed by atoms with E-state index >= 15 is 0 Å². The first-order chi connectivity index (χ1) is 17.5. The number of carbonyl (C=O) groups is 1. The van der Waals surface area contributed by atoms with Gasteiger partial charge in [-0.15, -0.1) is 5.10 Å². The Hall–Kier alpha value is -4.30. The molecule has 3 aromatic carbocycles. The number of halogens is 1. The lowest BCUT2D eigenvalue weighted by molar-refractivity contribution is -0.113. The topological polar surface area (TPSA) is 90.3 Å². The van der Waals surface area contributed by atoms with Crippen molar-refractivity contribution in [1.82, 2.24) is 14.8 Å². The number of ether oxygens (including phenoxy) is 2. The summed E-state index contributed by atoms with van der Waals surface area (Å²) in [4.78, 5) is 18.4. The quantitative estimate of drug-likeness (QED) is 0.360. The Morgan fingerprint density at radius 3 is 2.44 bits per heavy atom. The van der Waals surface area contributed by atoms with Crippen LogP contribution in [0, 0.1) is 0 Å². The Bertz CT molecular complexity index is 1460. The molecule has 0 radical (unpaired) electrons. The van der Waals surface area contributed by atoms with Gasteiger partial charge in [-0.2, -0.15) is 4.98 Å². The van der Waals surface area contributed by atoms with Crippen molar-refractivity contribution in [2.24, 2.45) is 0 Å². The lowest BCUT2D eigenvalue weighted by Gasteiger charge is -2.29. The van der Waals surface area contributed by atoms with E-state index in [2.05, 4.69) is 10.6 Å². The third kappa shape index (κ3) is 4.27. The van der Waals surface area contributed by atoms with Crippen LogP contribution in [0.25, 0.3) is 11.4 Å². The molecule has 2 heterocycles. The lowest BCUT2D eigenvalue weighted by atomic mass is 9.95. The molecule has 1 unspecified atom stereocenters. The fourth-order valence-electron chi connectivity index (χ4n) is 4.23. The fourth-order valence-corrected chi connectivity index (χ4v) is 4.45. The van der Waals surface area contributed by atoms with Gasteiger partial charge in [-0.1, -0.05) is 48.0 Å². The number of anilines is 2. The molecule has 4 aromatic rings. The summed E-state index contributed by atoms with van der Waals surface area (Å²) >= 11 is 6.43. The third-order valence-electron chi connectivity index (χ3n) is 6.00. The summed E-state index contributed by atoms with van der Waals surface area (Å²) in [5.74, 6) is 1.96. The second-order valence-electron chi connectivity index (χ2n) is 8.18. The Morgan fingerprint density at radius 2 is 1.72 bits per heavy atom. The predicted octanol–water partition coefficient (Wildman–Crippen LogP) is 5.54. The number of aromatic nitrogens is 3. The Balaban J connectivity index is 1.61. The van der Waals surface area contributed by atoms with E-state index in [1.165, 1.54) is 0 Å². The molecule has 8 nitrogen and oxygen atoms in total. The Labute approximate surface area is 213 Å². The summed E-state index contributed by atoms with van der Waals surface area (Å²) in [5, 5.41) is 11.6. The van der Waals surface area contributed by atoms with Crippen molar-refractivity contribution in [2.75, 3.05) is 24.9 Å². The zero-order valence-corrected chi connectivity index (χ0v) is 20.7. The standard InChI is InChI=1S/C27H24ClN5O3/c1-16-23(26(34)30-21-10-6-7-11-22(21)36-3)24(17-12-14-18(35-2)15-13-17)33-27(29-16)31-25(32-33)19-8-4-5-9-20(19)28/h4-15,24H,1-3H3,(H,30,34)(H,29,31,32). The second kappa shape index (κ2) is 9.75. The van der Waals surface area contributed by atoms with Crippen LogP contribution in [-0.4, -0.2) is 34.9 Å². The van der Waals surface area contributed by atoms with Crippen LogP contribution < -0.4 is 20.1 Å². The van der Waals surface area contributed by atoms with E-state index in [1.54, 1.807) is 37.1 Å². The van der Waals surface area contributed by atoms with Crippen LogP contribution in [0.15, 0.2) is 84.1 Å². The van der Waals surface area contributed by atoms with Crippen molar-refractivity contribution in [2.45, 2.75) is 13.0 Å². The molecule has 2 N–H and O–H groups in total. The number of amides is 1. The molecule has 5 rings (SSSR count).